The van der Waals surface area contributed by atoms with Gasteiger partial charge in [-0.05, 0) is 19.1 Å². The fourth-order valence-corrected chi connectivity index (χ4v) is 2.28. The van der Waals surface area contributed by atoms with Crippen molar-refractivity contribution in [3.63, 3.8) is 0 Å². The van der Waals surface area contributed by atoms with Gasteiger partial charge < -0.3 is 9.73 Å². The lowest BCUT2D eigenvalue weighted by molar-refractivity contribution is -0.121. The third-order valence-electron chi connectivity index (χ3n) is 3.65. The molecule has 0 saturated heterocycles. The summed E-state index contributed by atoms with van der Waals surface area (Å²) < 4.78 is 5.72. The van der Waals surface area contributed by atoms with Gasteiger partial charge in [0.05, 0.1) is 18.4 Å². The number of benzene rings is 1. The lowest BCUT2D eigenvalue weighted by Gasteiger charge is -2.03. The predicted octanol–water partition coefficient (Wildman–Crippen LogP) is 3.29. The number of nitrogens with zero attached hydrogens (tertiary/aromatic N) is 2. The van der Waals surface area contributed by atoms with Crippen LogP contribution < -0.4 is 5.32 Å². The largest absolute Gasteiger partial charge is 0.441 e. The first kappa shape index (κ1) is 15.9. The van der Waals surface area contributed by atoms with Gasteiger partial charge in [-0.1, -0.05) is 35.9 Å². The van der Waals surface area contributed by atoms with E-state index in [1.54, 1.807) is 12.4 Å². The van der Waals surface area contributed by atoms with Crippen LogP contribution in [0.15, 0.2) is 59.3 Å². The summed E-state index contributed by atoms with van der Waals surface area (Å²) in [6, 6.07) is 13.7. The standard InChI is InChI=1S/C19H19N3O2/c1-14-5-7-15(8-6-14)17-13-22-19(24-17)10-9-18(23)21-12-16-4-2-3-11-20-16/h2-8,11,13H,9-10,12H2,1H3,(H,21,23). The molecule has 24 heavy (non-hydrogen) atoms. The van der Waals surface area contributed by atoms with Crippen molar-refractivity contribution in [3.05, 3.63) is 72.0 Å². The second-order valence-corrected chi connectivity index (χ2v) is 5.58. The maximum absolute atomic E-state index is 11.9. The average molecular weight is 321 g/mol. The smallest absolute Gasteiger partial charge is 0.220 e. The summed E-state index contributed by atoms with van der Waals surface area (Å²) in [6.07, 6.45) is 4.22. The summed E-state index contributed by atoms with van der Waals surface area (Å²) in [5.74, 6) is 1.24. The van der Waals surface area contributed by atoms with E-state index in [9.17, 15) is 4.79 Å². The Kier molecular flexibility index (Phi) is 5.01. The monoisotopic (exact) mass is 321 g/mol. The molecule has 0 fully saturated rings. The van der Waals surface area contributed by atoms with Crippen LogP contribution in [-0.4, -0.2) is 15.9 Å². The molecule has 0 aliphatic heterocycles. The highest BCUT2D eigenvalue weighted by Crippen LogP contribution is 2.21. The van der Waals surface area contributed by atoms with Crippen molar-refractivity contribution in [1.29, 1.82) is 0 Å². The Morgan fingerprint density at radius 3 is 2.71 bits per heavy atom. The quantitative estimate of drug-likeness (QED) is 0.756. The Hall–Kier alpha value is -2.95. The van der Waals surface area contributed by atoms with Crippen molar-refractivity contribution in [3.8, 4) is 11.3 Å². The van der Waals surface area contributed by atoms with Crippen LogP contribution in [0.25, 0.3) is 11.3 Å². The summed E-state index contributed by atoms with van der Waals surface area (Å²) in [4.78, 5) is 20.3. The third-order valence-corrected chi connectivity index (χ3v) is 3.65. The molecule has 3 rings (SSSR count). The second-order valence-electron chi connectivity index (χ2n) is 5.58. The molecule has 2 heterocycles. The molecule has 0 spiro atoms. The van der Waals surface area contributed by atoms with Crippen molar-refractivity contribution in [2.75, 3.05) is 0 Å². The normalized spacial score (nSPS) is 10.5. The zero-order valence-electron chi connectivity index (χ0n) is 13.5. The van der Waals surface area contributed by atoms with E-state index < -0.39 is 0 Å². The van der Waals surface area contributed by atoms with Gasteiger partial charge in [-0.25, -0.2) is 4.98 Å². The number of nitrogens with one attached hydrogen (secondary N) is 1. The topological polar surface area (TPSA) is 68.0 Å². The van der Waals surface area contributed by atoms with Gasteiger partial charge in [-0.15, -0.1) is 0 Å². The number of hydrogen-bond donors (Lipinski definition) is 1. The fraction of sp³-hybridized carbons (Fsp3) is 0.211. The van der Waals surface area contributed by atoms with Crippen LogP contribution in [0.2, 0.25) is 0 Å². The highest BCUT2D eigenvalue weighted by Gasteiger charge is 2.09. The molecule has 0 saturated carbocycles. The van der Waals surface area contributed by atoms with Gasteiger partial charge in [0, 0.05) is 24.6 Å². The van der Waals surface area contributed by atoms with Crippen molar-refractivity contribution in [1.82, 2.24) is 15.3 Å². The number of oxazole rings is 1. The summed E-state index contributed by atoms with van der Waals surface area (Å²) in [7, 11) is 0. The van der Waals surface area contributed by atoms with E-state index in [-0.39, 0.29) is 5.91 Å². The van der Waals surface area contributed by atoms with Gasteiger partial charge in [-0.2, -0.15) is 0 Å². The minimum atomic E-state index is -0.0456. The zero-order valence-corrected chi connectivity index (χ0v) is 13.5. The van der Waals surface area contributed by atoms with Crippen LogP contribution in [0.3, 0.4) is 0 Å². The van der Waals surface area contributed by atoms with Gasteiger partial charge in [0.2, 0.25) is 5.91 Å². The molecule has 5 nitrogen and oxygen atoms in total. The van der Waals surface area contributed by atoms with Crippen LogP contribution >= 0.6 is 0 Å². The molecule has 1 N–H and O–H groups in total. The van der Waals surface area contributed by atoms with E-state index in [0.29, 0.717) is 25.3 Å². The first-order valence-electron chi connectivity index (χ1n) is 7.89. The first-order valence-corrected chi connectivity index (χ1v) is 7.89. The summed E-state index contributed by atoms with van der Waals surface area (Å²) >= 11 is 0. The molecule has 0 aliphatic carbocycles. The molecule has 3 aromatic rings. The van der Waals surface area contributed by atoms with Crippen LogP contribution in [0, 0.1) is 6.92 Å². The number of aryl methyl sites for hydroxylation is 2. The average Bonchev–Trinajstić information content (AvgIpc) is 3.09. The molecule has 122 valence electrons. The number of pyridine rings is 1. The Morgan fingerprint density at radius 1 is 1.12 bits per heavy atom. The Morgan fingerprint density at radius 2 is 1.96 bits per heavy atom. The van der Waals surface area contributed by atoms with Gasteiger partial charge >= 0.3 is 0 Å². The molecule has 0 bridgehead atoms. The summed E-state index contributed by atoms with van der Waals surface area (Å²) in [6.45, 7) is 2.47. The van der Waals surface area contributed by atoms with Crippen LogP contribution in [0.5, 0.6) is 0 Å². The van der Waals surface area contributed by atoms with Crippen molar-refractivity contribution < 1.29 is 9.21 Å². The van der Waals surface area contributed by atoms with Gasteiger partial charge in [0.1, 0.15) is 0 Å². The number of hydrogen-bond acceptors (Lipinski definition) is 4. The SMILES string of the molecule is Cc1ccc(-c2cnc(CCC(=O)NCc3ccccn3)o2)cc1. The second kappa shape index (κ2) is 7.55. The number of carbonyl (C=O) groups excluding carboxylic acids is 1. The Balaban J connectivity index is 1.50. The Bertz CT molecular complexity index is 795. The molecule has 1 amide bonds. The van der Waals surface area contributed by atoms with Crippen LogP contribution in [0.4, 0.5) is 0 Å². The fourth-order valence-electron chi connectivity index (χ4n) is 2.28. The van der Waals surface area contributed by atoms with Crippen LogP contribution in [0.1, 0.15) is 23.6 Å². The van der Waals surface area contributed by atoms with Gasteiger partial charge in [0.25, 0.3) is 0 Å². The molecule has 0 aliphatic rings. The molecular weight excluding hydrogens is 302 g/mol. The highest BCUT2D eigenvalue weighted by molar-refractivity contribution is 5.76. The lowest BCUT2D eigenvalue weighted by Crippen LogP contribution is -2.23. The molecule has 2 aromatic heterocycles. The molecule has 5 heteroatoms. The Labute approximate surface area is 140 Å². The molecule has 0 radical (unpaired) electrons. The van der Waals surface area contributed by atoms with E-state index in [4.69, 9.17) is 4.42 Å². The van der Waals surface area contributed by atoms with Gasteiger partial charge in [-0.3, -0.25) is 9.78 Å². The number of carbonyl (C=O) groups is 1. The maximum Gasteiger partial charge on any atom is 0.220 e. The van der Waals surface area contributed by atoms with Gasteiger partial charge in [0.15, 0.2) is 11.7 Å². The number of aromatic nitrogens is 2. The van der Waals surface area contributed by atoms with E-state index >= 15 is 0 Å². The first-order chi connectivity index (χ1) is 11.7. The van der Waals surface area contributed by atoms with Crippen molar-refractivity contribution in [2.24, 2.45) is 0 Å². The van der Waals surface area contributed by atoms with E-state index in [1.807, 2.05) is 49.4 Å². The number of rotatable bonds is 6. The van der Waals surface area contributed by atoms with E-state index in [1.165, 1.54) is 5.56 Å². The summed E-state index contributed by atoms with van der Waals surface area (Å²) in [5, 5.41) is 2.84. The van der Waals surface area contributed by atoms with E-state index in [0.717, 1.165) is 17.0 Å². The lowest BCUT2D eigenvalue weighted by atomic mass is 10.1. The molecule has 1 aromatic carbocycles. The van der Waals surface area contributed by atoms with Crippen LogP contribution in [-0.2, 0) is 17.8 Å². The number of amides is 1. The summed E-state index contributed by atoms with van der Waals surface area (Å²) in [5.41, 5.74) is 3.02. The van der Waals surface area contributed by atoms with Crippen molar-refractivity contribution in [2.45, 2.75) is 26.3 Å². The zero-order chi connectivity index (χ0) is 16.8. The molecule has 0 unspecified atom stereocenters. The van der Waals surface area contributed by atoms with E-state index in [2.05, 4.69) is 15.3 Å². The minimum Gasteiger partial charge on any atom is -0.441 e. The maximum atomic E-state index is 11.9. The molecule has 0 atom stereocenters. The highest BCUT2D eigenvalue weighted by atomic mass is 16.4. The van der Waals surface area contributed by atoms with Crippen molar-refractivity contribution >= 4 is 5.91 Å². The minimum absolute atomic E-state index is 0.0456. The molecular formula is C19H19N3O2. The third kappa shape index (κ3) is 4.29. The predicted molar refractivity (Wildman–Crippen MR) is 91.1 cm³/mol.